The molecule has 0 aliphatic carbocycles. The van der Waals surface area contributed by atoms with E-state index in [4.69, 9.17) is 0 Å². The summed E-state index contributed by atoms with van der Waals surface area (Å²) in [5, 5.41) is 8.42. The van der Waals surface area contributed by atoms with Gasteiger partial charge in [0.05, 0.1) is 0 Å². The topological polar surface area (TPSA) is 70.2 Å². The number of unbranched alkanes of at least 4 members (excludes halogenated alkanes) is 3. The standard InChI is InChI=1S/C17H27N3O2/c1-4-5-6-7-11-18-17(22)20-15-10-8-9-14(12-15)19-16(21)13(2)3/h8-10,12-13H,4-7,11H2,1-3H3,(H,19,21)(H2,18,20,22). The van der Waals surface area contributed by atoms with Crippen LogP contribution in [0, 0.1) is 5.92 Å². The molecule has 1 aromatic rings. The van der Waals surface area contributed by atoms with E-state index in [0.717, 1.165) is 12.8 Å². The molecule has 122 valence electrons. The Kier molecular flexibility index (Phi) is 8.04. The quantitative estimate of drug-likeness (QED) is 0.636. The maximum absolute atomic E-state index is 11.8. The van der Waals surface area contributed by atoms with Gasteiger partial charge in [-0.25, -0.2) is 4.79 Å². The molecule has 3 amide bonds. The molecule has 0 aliphatic rings. The first-order valence-electron chi connectivity index (χ1n) is 7.98. The van der Waals surface area contributed by atoms with Crippen molar-refractivity contribution in [2.45, 2.75) is 46.5 Å². The van der Waals surface area contributed by atoms with Gasteiger partial charge in [0.2, 0.25) is 5.91 Å². The van der Waals surface area contributed by atoms with Gasteiger partial charge in [-0.3, -0.25) is 4.79 Å². The molecule has 5 heteroatoms. The summed E-state index contributed by atoms with van der Waals surface area (Å²) in [6, 6.07) is 6.92. The zero-order valence-electron chi connectivity index (χ0n) is 13.7. The van der Waals surface area contributed by atoms with Crippen molar-refractivity contribution in [1.82, 2.24) is 5.32 Å². The van der Waals surface area contributed by atoms with Gasteiger partial charge < -0.3 is 16.0 Å². The van der Waals surface area contributed by atoms with Gasteiger partial charge in [0, 0.05) is 23.8 Å². The van der Waals surface area contributed by atoms with E-state index in [1.807, 2.05) is 13.8 Å². The van der Waals surface area contributed by atoms with Crippen LogP contribution in [-0.4, -0.2) is 18.5 Å². The van der Waals surface area contributed by atoms with E-state index in [-0.39, 0.29) is 17.9 Å². The minimum absolute atomic E-state index is 0.0440. The van der Waals surface area contributed by atoms with Crippen LogP contribution in [0.25, 0.3) is 0 Å². The van der Waals surface area contributed by atoms with Crippen molar-refractivity contribution in [3.05, 3.63) is 24.3 Å². The zero-order chi connectivity index (χ0) is 16.4. The molecule has 0 saturated carbocycles. The third-order valence-corrected chi connectivity index (χ3v) is 3.23. The van der Waals surface area contributed by atoms with Crippen LogP contribution in [0.5, 0.6) is 0 Å². The number of carbonyl (C=O) groups excluding carboxylic acids is 2. The lowest BCUT2D eigenvalue weighted by Crippen LogP contribution is -2.29. The van der Waals surface area contributed by atoms with Crippen LogP contribution >= 0.6 is 0 Å². The minimum atomic E-state index is -0.219. The SMILES string of the molecule is CCCCCCNC(=O)Nc1cccc(NC(=O)C(C)C)c1. The second-order valence-corrected chi connectivity index (χ2v) is 5.67. The van der Waals surface area contributed by atoms with Gasteiger partial charge in [0.15, 0.2) is 0 Å². The molecule has 0 radical (unpaired) electrons. The maximum atomic E-state index is 11.8. The molecule has 0 aliphatic heterocycles. The number of benzene rings is 1. The van der Waals surface area contributed by atoms with Gasteiger partial charge in [-0.15, -0.1) is 0 Å². The van der Waals surface area contributed by atoms with Gasteiger partial charge in [0.25, 0.3) is 0 Å². The average Bonchev–Trinajstić information content (AvgIpc) is 2.47. The van der Waals surface area contributed by atoms with Crippen LogP contribution in [0.2, 0.25) is 0 Å². The molecule has 0 aromatic heterocycles. The van der Waals surface area contributed by atoms with Crippen molar-refractivity contribution >= 4 is 23.3 Å². The Morgan fingerprint density at radius 2 is 1.73 bits per heavy atom. The number of amides is 3. The smallest absolute Gasteiger partial charge is 0.319 e. The largest absolute Gasteiger partial charge is 0.338 e. The summed E-state index contributed by atoms with van der Waals surface area (Å²) in [6.45, 7) is 6.51. The number of carbonyl (C=O) groups is 2. The predicted molar refractivity (Wildman–Crippen MR) is 91.1 cm³/mol. The van der Waals surface area contributed by atoms with Crippen molar-refractivity contribution < 1.29 is 9.59 Å². The first-order chi connectivity index (χ1) is 10.5. The lowest BCUT2D eigenvalue weighted by atomic mass is 10.2. The highest BCUT2D eigenvalue weighted by molar-refractivity contribution is 5.94. The van der Waals surface area contributed by atoms with Crippen molar-refractivity contribution in [3.63, 3.8) is 0 Å². The molecule has 5 nitrogen and oxygen atoms in total. The van der Waals surface area contributed by atoms with E-state index < -0.39 is 0 Å². The summed E-state index contributed by atoms with van der Waals surface area (Å²) in [4.78, 5) is 23.4. The number of nitrogens with one attached hydrogen (secondary N) is 3. The van der Waals surface area contributed by atoms with Crippen LogP contribution < -0.4 is 16.0 Å². The highest BCUT2D eigenvalue weighted by Crippen LogP contribution is 2.15. The first-order valence-corrected chi connectivity index (χ1v) is 7.98. The van der Waals surface area contributed by atoms with Gasteiger partial charge in [-0.2, -0.15) is 0 Å². The van der Waals surface area contributed by atoms with Gasteiger partial charge >= 0.3 is 6.03 Å². The van der Waals surface area contributed by atoms with E-state index in [1.165, 1.54) is 12.8 Å². The molecule has 0 atom stereocenters. The molecule has 0 saturated heterocycles. The average molecular weight is 305 g/mol. The molecule has 1 rings (SSSR count). The monoisotopic (exact) mass is 305 g/mol. The van der Waals surface area contributed by atoms with Crippen molar-refractivity contribution in [1.29, 1.82) is 0 Å². The maximum Gasteiger partial charge on any atom is 0.319 e. The number of rotatable bonds is 8. The van der Waals surface area contributed by atoms with Crippen LogP contribution in [0.15, 0.2) is 24.3 Å². The molecule has 0 fully saturated rings. The zero-order valence-corrected chi connectivity index (χ0v) is 13.7. The number of hydrogen-bond acceptors (Lipinski definition) is 2. The summed E-state index contributed by atoms with van der Waals surface area (Å²) < 4.78 is 0. The van der Waals surface area contributed by atoms with E-state index in [1.54, 1.807) is 24.3 Å². The molecular formula is C17H27N3O2. The highest BCUT2D eigenvalue weighted by atomic mass is 16.2. The minimum Gasteiger partial charge on any atom is -0.338 e. The summed E-state index contributed by atoms with van der Waals surface area (Å²) in [7, 11) is 0. The lowest BCUT2D eigenvalue weighted by Gasteiger charge is -2.11. The molecule has 0 bridgehead atoms. The summed E-state index contributed by atoms with van der Waals surface area (Å²) in [6.07, 6.45) is 4.50. The van der Waals surface area contributed by atoms with Crippen LogP contribution in [-0.2, 0) is 4.79 Å². The Labute approximate surface area is 132 Å². The molecule has 0 unspecified atom stereocenters. The Morgan fingerprint density at radius 1 is 1.05 bits per heavy atom. The molecule has 1 aromatic carbocycles. The Hall–Kier alpha value is -2.04. The second-order valence-electron chi connectivity index (χ2n) is 5.67. The van der Waals surface area contributed by atoms with Crippen molar-refractivity contribution in [2.75, 3.05) is 17.2 Å². The Bertz CT molecular complexity index is 487. The lowest BCUT2D eigenvalue weighted by molar-refractivity contribution is -0.118. The Morgan fingerprint density at radius 3 is 2.36 bits per heavy atom. The van der Waals surface area contributed by atoms with Gasteiger partial charge in [-0.05, 0) is 24.6 Å². The third-order valence-electron chi connectivity index (χ3n) is 3.23. The van der Waals surface area contributed by atoms with Crippen LogP contribution in [0.4, 0.5) is 16.2 Å². The molecule has 0 spiro atoms. The predicted octanol–water partition coefficient (Wildman–Crippen LogP) is 3.98. The molecule has 22 heavy (non-hydrogen) atoms. The van der Waals surface area contributed by atoms with E-state index >= 15 is 0 Å². The Balaban J connectivity index is 2.42. The fourth-order valence-electron chi connectivity index (χ4n) is 1.89. The number of anilines is 2. The van der Waals surface area contributed by atoms with Crippen molar-refractivity contribution in [3.8, 4) is 0 Å². The third kappa shape index (κ3) is 7.11. The van der Waals surface area contributed by atoms with Gasteiger partial charge in [-0.1, -0.05) is 46.1 Å². The van der Waals surface area contributed by atoms with Gasteiger partial charge in [0.1, 0.15) is 0 Å². The molecule has 0 heterocycles. The van der Waals surface area contributed by atoms with E-state index in [0.29, 0.717) is 17.9 Å². The van der Waals surface area contributed by atoms with Crippen LogP contribution in [0.1, 0.15) is 46.5 Å². The van der Waals surface area contributed by atoms with E-state index in [2.05, 4.69) is 22.9 Å². The number of urea groups is 1. The summed E-state index contributed by atoms with van der Waals surface area (Å²) >= 11 is 0. The first kappa shape index (κ1) is 18.0. The van der Waals surface area contributed by atoms with E-state index in [9.17, 15) is 9.59 Å². The molecule has 3 N–H and O–H groups in total. The fourth-order valence-corrected chi connectivity index (χ4v) is 1.89. The summed E-state index contributed by atoms with van der Waals surface area (Å²) in [5.41, 5.74) is 1.34. The summed E-state index contributed by atoms with van der Waals surface area (Å²) in [5.74, 6) is -0.124. The normalized spacial score (nSPS) is 10.4. The highest BCUT2D eigenvalue weighted by Gasteiger charge is 2.08. The molecular weight excluding hydrogens is 278 g/mol. The fraction of sp³-hybridized carbons (Fsp3) is 0.529. The number of hydrogen-bond donors (Lipinski definition) is 3. The second kappa shape index (κ2) is 9.82. The van der Waals surface area contributed by atoms with Crippen molar-refractivity contribution in [2.24, 2.45) is 5.92 Å². The van der Waals surface area contributed by atoms with Crippen LogP contribution in [0.3, 0.4) is 0 Å².